The Hall–Kier alpha value is -1.14. The Labute approximate surface area is 127 Å². The molecule has 1 aromatic rings. The molecule has 1 rings (SSSR count). The van der Waals surface area contributed by atoms with Gasteiger partial charge in [0.05, 0.1) is 10.6 Å². The van der Waals surface area contributed by atoms with E-state index in [9.17, 15) is 12.8 Å². The van der Waals surface area contributed by atoms with E-state index in [1.807, 2.05) is 0 Å². The predicted molar refractivity (Wildman–Crippen MR) is 84.0 cm³/mol. The lowest BCUT2D eigenvalue weighted by Crippen LogP contribution is -2.30. The molecule has 21 heavy (non-hydrogen) atoms. The van der Waals surface area contributed by atoms with Gasteiger partial charge in [-0.1, -0.05) is 33.1 Å². The van der Waals surface area contributed by atoms with Crippen molar-refractivity contribution in [1.29, 1.82) is 0 Å². The molecule has 0 fully saturated rings. The third-order valence-corrected chi connectivity index (χ3v) is 5.25. The van der Waals surface area contributed by atoms with E-state index in [-0.39, 0.29) is 10.6 Å². The standard InChI is InChI=1S/C15H25FN2O2S/c1-4-6-7-12(5-2)10-18-21(19,20)15-9-14(17)13(16)8-11(15)3/h8-9,12,18H,4-7,10,17H2,1-3H3. The maximum Gasteiger partial charge on any atom is 0.240 e. The zero-order valence-corrected chi connectivity index (χ0v) is 13.8. The van der Waals surface area contributed by atoms with Crippen LogP contribution in [0, 0.1) is 18.7 Å². The number of anilines is 1. The molecule has 0 aromatic heterocycles. The molecule has 0 aliphatic heterocycles. The second-order valence-corrected chi connectivity index (χ2v) is 7.14. The van der Waals surface area contributed by atoms with Crippen LogP contribution in [0.4, 0.5) is 10.1 Å². The van der Waals surface area contributed by atoms with Crippen LogP contribution >= 0.6 is 0 Å². The van der Waals surface area contributed by atoms with Gasteiger partial charge in [0, 0.05) is 6.54 Å². The maximum atomic E-state index is 13.3. The van der Waals surface area contributed by atoms with Gasteiger partial charge in [-0.05, 0) is 37.0 Å². The average Bonchev–Trinajstić information content (AvgIpc) is 2.43. The third kappa shape index (κ3) is 4.97. The van der Waals surface area contributed by atoms with E-state index in [4.69, 9.17) is 5.73 Å². The molecule has 0 saturated carbocycles. The van der Waals surface area contributed by atoms with Gasteiger partial charge in [0.25, 0.3) is 0 Å². The summed E-state index contributed by atoms with van der Waals surface area (Å²) in [5, 5.41) is 0. The molecular formula is C15H25FN2O2S. The number of nitrogen functional groups attached to an aromatic ring is 1. The molecule has 0 saturated heterocycles. The Morgan fingerprint density at radius 1 is 1.33 bits per heavy atom. The molecule has 6 heteroatoms. The van der Waals surface area contributed by atoms with Gasteiger partial charge in [-0.3, -0.25) is 0 Å². The van der Waals surface area contributed by atoms with Gasteiger partial charge >= 0.3 is 0 Å². The van der Waals surface area contributed by atoms with Crippen LogP contribution in [0.2, 0.25) is 0 Å². The fourth-order valence-corrected chi connectivity index (χ4v) is 3.58. The maximum absolute atomic E-state index is 13.3. The number of halogens is 1. The SMILES string of the molecule is CCCCC(CC)CNS(=O)(=O)c1cc(N)c(F)cc1C. The fraction of sp³-hybridized carbons (Fsp3) is 0.600. The zero-order chi connectivity index (χ0) is 16.0. The van der Waals surface area contributed by atoms with Crippen molar-refractivity contribution in [3.05, 3.63) is 23.5 Å². The Bertz CT molecular complexity index is 573. The highest BCUT2D eigenvalue weighted by molar-refractivity contribution is 7.89. The minimum Gasteiger partial charge on any atom is -0.396 e. The summed E-state index contributed by atoms with van der Waals surface area (Å²) in [7, 11) is -3.66. The minimum atomic E-state index is -3.66. The summed E-state index contributed by atoms with van der Waals surface area (Å²) in [5.74, 6) is -0.279. The topological polar surface area (TPSA) is 72.2 Å². The summed E-state index contributed by atoms with van der Waals surface area (Å²) < 4.78 is 40.6. The van der Waals surface area contributed by atoms with Gasteiger partial charge in [-0.15, -0.1) is 0 Å². The van der Waals surface area contributed by atoms with Crippen molar-refractivity contribution in [3.63, 3.8) is 0 Å². The van der Waals surface area contributed by atoms with Crippen LogP contribution in [-0.2, 0) is 10.0 Å². The van der Waals surface area contributed by atoms with Crippen LogP contribution in [-0.4, -0.2) is 15.0 Å². The summed E-state index contributed by atoms with van der Waals surface area (Å²) in [5.41, 5.74) is 5.67. The molecule has 0 heterocycles. The number of unbranched alkanes of at least 4 members (excludes halogenated alkanes) is 1. The van der Waals surface area contributed by atoms with Crippen LogP contribution < -0.4 is 10.5 Å². The molecule has 0 amide bonds. The Morgan fingerprint density at radius 3 is 2.57 bits per heavy atom. The second kappa shape index (κ2) is 7.75. The van der Waals surface area contributed by atoms with Gasteiger partial charge in [0.15, 0.2) is 0 Å². The van der Waals surface area contributed by atoms with Crippen LogP contribution in [0.15, 0.2) is 17.0 Å². The van der Waals surface area contributed by atoms with E-state index in [2.05, 4.69) is 18.6 Å². The average molecular weight is 316 g/mol. The largest absolute Gasteiger partial charge is 0.396 e. The Morgan fingerprint density at radius 2 is 2.00 bits per heavy atom. The number of hydrogen-bond acceptors (Lipinski definition) is 3. The van der Waals surface area contributed by atoms with E-state index in [0.717, 1.165) is 31.7 Å². The first-order chi connectivity index (χ1) is 9.81. The number of nitrogens with one attached hydrogen (secondary N) is 1. The number of hydrogen-bond donors (Lipinski definition) is 2. The molecule has 1 unspecified atom stereocenters. The molecular weight excluding hydrogens is 291 g/mol. The summed E-state index contributed by atoms with van der Waals surface area (Å²) in [6, 6.07) is 2.33. The minimum absolute atomic E-state index is 0.0479. The van der Waals surface area contributed by atoms with Gasteiger partial charge in [0.2, 0.25) is 10.0 Å². The van der Waals surface area contributed by atoms with Gasteiger partial charge in [0.1, 0.15) is 5.82 Å². The number of nitrogens with two attached hydrogens (primary N) is 1. The van der Waals surface area contributed by atoms with Crippen molar-refractivity contribution in [2.45, 2.75) is 51.3 Å². The molecule has 1 atom stereocenters. The first-order valence-electron chi connectivity index (χ1n) is 7.37. The Kier molecular flexibility index (Phi) is 6.61. The zero-order valence-electron chi connectivity index (χ0n) is 12.9. The molecule has 0 bridgehead atoms. The molecule has 3 N–H and O–H groups in total. The highest BCUT2D eigenvalue weighted by Crippen LogP contribution is 2.22. The van der Waals surface area contributed by atoms with Gasteiger partial charge in [-0.25, -0.2) is 17.5 Å². The number of rotatable bonds is 8. The molecule has 0 spiro atoms. The molecule has 4 nitrogen and oxygen atoms in total. The molecule has 0 aliphatic rings. The van der Waals surface area contributed by atoms with Crippen molar-refractivity contribution >= 4 is 15.7 Å². The van der Waals surface area contributed by atoms with E-state index < -0.39 is 15.8 Å². The lowest BCUT2D eigenvalue weighted by atomic mass is 10.00. The summed E-state index contributed by atoms with van der Waals surface area (Å²) in [6.07, 6.45) is 4.10. The molecule has 0 radical (unpaired) electrons. The lowest BCUT2D eigenvalue weighted by Gasteiger charge is -2.16. The molecule has 0 aliphatic carbocycles. The second-order valence-electron chi connectivity index (χ2n) is 5.41. The number of aryl methyl sites for hydroxylation is 1. The van der Waals surface area contributed by atoms with Crippen LogP contribution in [0.1, 0.15) is 45.1 Å². The van der Waals surface area contributed by atoms with Crippen molar-refractivity contribution in [2.75, 3.05) is 12.3 Å². The van der Waals surface area contributed by atoms with Crippen molar-refractivity contribution in [3.8, 4) is 0 Å². The van der Waals surface area contributed by atoms with Crippen LogP contribution in [0.5, 0.6) is 0 Å². The summed E-state index contributed by atoms with van der Waals surface area (Å²) >= 11 is 0. The van der Waals surface area contributed by atoms with Crippen molar-refractivity contribution in [1.82, 2.24) is 4.72 Å². The summed E-state index contributed by atoms with van der Waals surface area (Å²) in [4.78, 5) is 0.0479. The number of benzene rings is 1. The van der Waals surface area contributed by atoms with Gasteiger partial charge in [-0.2, -0.15) is 0 Å². The monoisotopic (exact) mass is 316 g/mol. The van der Waals surface area contributed by atoms with E-state index in [1.54, 1.807) is 6.92 Å². The molecule has 1 aromatic carbocycles. The normalized spacial score (nSPS) is 13.3. The fourth-order valence-electron chi connectivity index (χ4n) is 2.21. The van der Waals surface area contributed by atoms with Crippen molar-refractivity contribution in [2.24, 2.45) is 5.92 Å². The molecule has 120 valence electrons. The Balaban J connectivity index is 2.84. The lowest BCUT2D eigenvalue weighted by molar-refractivity contribution is 0.443. The first-order valence-corrected chi connectivity index (χ1v) is 8.85. The quantitative estimate of drug-likeness (QED) is 0.723. The summed E-state index contributed by atoms with van der Waals surface area (Å²) in [6.45, 7) is 6.12. The van der Waals surface area contributed by atoms with Crippen molar-refractivity contribution < 1.29 is 12.8 Å². The van der Waals surface area contributed by atoms with E-state index in [1.165, 1.54) is 6.07 Å². The van der Waals surface area contributed by atoms with Crippen LogP contribution in [0.25, 0.3) is 0 Å². The predicted octanol–water partition coefficient (Wildman–Crippen LogP) is 3.21. The highest BCUT2D eigenvalue weighted by Gasteiger charge is 2.20. The first kappa shape index (κ1) is 17.9. The smallest absolute Gasteiger partial charge is 0.240 e. The van der Waals surface area contributed by atoms with E-state index >= 15 is 0 Å². The van der Waals surface area contributed by atoms with Crippen LogP contribution in [0.3, 0.4) is 0 Å². The third-order valence-electron chi connectivity index (χ3n) is 3.69. The highest BCUT2D eigenvalue weighted by atomic mass is 32.2. The number of sulfonamides is 1. The van der Waals surface area contributed by atoms with Gasteiger partial charge < -0.3 is 5.73 Å². The van der Waals surface area contributed by atoms with E-state index in [0.29, 0.717) is 18.0 Å².